The molecule has 0 unspecified atom stereocenters. The van der Waals surface area contributed by atoms with E-state index in [1.165, 1.54) is 36.2 Å². The molecule has 3 aromatic rings. The molecule has 1 atom stereocenters. The molecule has 0 spiro atoms. The Labute approximate surface area is 230 Å². The van der Waals surface area contributed by atoms with E-state index in [0.29, 0.717) is 12.1 Å². The Balaban J connectivity index is 1.94. The second-order valence-electron chi connectivity index (χ2n) is 9.57. The van der Waals surface area contributed by atoms with Gasteiger partial charge in [0.05, 0.1) is 11.4 Å². The summed E-state index contributed by atoms with van der Waals surface area (Å²) in [5.74, 6) is -1.28. The van der Waals surface area contributed by atoms with Gasteiger partial charge in [-0.3, -0.25) is 9.59 Å². The van der Waals surface area contributed by atoms with Gasteiger partial charge in [-0.1, -0.05) is 73.5 Å². The van der Waals surface area contributed by atoms with Gasteiger partial charge in [-0.25, -0.2) is 12.8 Å². The zero-order chi connectivity index (χ0) is 28.4. The number of unbranched alkanes of at least 4 members (excludes halogenated alkanes) is 1. The lowest BCUT2D eigenvalue weighted by Crippen LogP contribution is -2.53. The Morgan fingerprint density at radius 1 is 0.923 bits per heavy atom. The fraction of sp³-hybridized carbons (Fsp3) is 0.333. The zero-order valence-electron chi connectivity index (χ0n) is 22.6. The molecule has 0 fully saturated rings. The predicted octanol–water partition coefficient (Wildman–Crippen LogP) is 4.31. The Bertz CT molecular complexity index is 1330. The van der Waals surface area contributed by atoms with Crippen LogP contribution in [-0.2, 0) is 32.6 Å². The molecule has 3 rings (SSSR count). The average Bonchev–Trinajstić information content (AvgIpc) is 2.92. The highest BCUT2D eigenvalue weighted by Crippen LogP contribution is 2.19. The number of benzene rings is 3. The van der Waals surface area contributed by atoms with Crippen molar-refractivity contribution in [2.45, 2.75) is 50.6 Å². The predicted molar refractivity (Wildman–Crippen MR) is 150 cm³/mol. The molecule has 2 amide bonds. The highest BCUT2D eigenvalue weighted by atomic mass is 32.2. The summed E-state index contributed by atoms with van der Waals surface area (Å²) in [6.45, 7) is 3.87. The molecule has 0 bridgehead atoms. The number of sulfonamides is 1. The number of hydrogen-bond acceptors (Lipinski definition) is 4. The summed E-state index contributed by atoms with van der Waals surface area (Å²) >= 11 is 0. The number of halogens is 1. The lowest BCUT2D eigenvalue weighted by molar-refractivity contribution is -0.141. The van der Waals surface area contributed by atoms with Crippen LogP contribution in [0.2, 0.25) is 0 Å². The van der Waals surface area contributed by atoms with E-state index in [1.54, 1.807) is 24.3 Å². The van der Waals surface area contributed by atoms with Crippen LogP contribution >= 0.6 is 0 Å². The third-order valence-electron chi connectivity index (χ3n) is 6.45. The molecule has 0 radical (unpaired) electrons. The largest absolute Gasteiger partial charge is 0.354 e. The summed E-state index contributed by atoms with van der Waals surface area (Å²) in [6.07, 6.45) is 1.91. The standard InChI is InChI=1S/C30H36FN3O4S/c1-4-5-19-32-30(36)28(20-24-9-7-6-8-10-24)34(21-25-13-15-26(31)16-14-25)29(35)22-33(3)39(37,38)27-17-11-23(2)12-18-27/h6-18,28H,4-5,19-22H2,1-3H3,(H,32,36)/t28-/m1/s1. The second-order valence-corrected chi connectivity index (χ2v) is 11.6. The lowest BCUT2D eigenvalue weighted by Gasteiger charge is -2.32. The Morgan fingerprint density at radius 3 is 2.18 bits per heavy atom. The van der Waals surface area contributed by atoms with Gasteiger partial charge in [0.25, 0.3) is 0 Å². The van der Waals surface area contributed by atoms with Crippen molar-refractivity contribution in [2.75, 3.05) is 20.1 Å². The van der Waals surface area contributed by atoms with E-state index in [1.807, 2.05) is 44.2 Å². The number of amides is 2. The summed E-state index contributed by atoms with van der Waals surface area (Å²) in [6, 6.07) is 20.5. The minimum atomic E-state index is -3.95. The number of nitrogens with one attached hydrogen (secondary N) is 1. The maximum Gasteiger partial charge on any atom is 0.243 e. The van der Waals surface area contributed by atoms with Gasteiger partial charge in [-0.15, -0.1) is 0 Å². The van der Waals surface area contributed by atoms with E-state index in [0.717, 1.165) is 28.3 Å². The van der Waals surface area contributed by atoms with Crippen LogP contribution in [0.15, 0.2) is 83.8 Å². The lowest BCUT2D eigenvalue weighted by atomic mass is 10.0. The summed E-state index contributed by atoms with van der Waals surface area (Å²) in [5.41, 5.74) is 2.38. The molecule has 0 heterocycles. The maximum atomic E-state index is 13.8. The first kappa shape index (κ1) is 30.0. The first-order chi connectivity index (χ1) is 18.6. The van der Waals surface area contributed by atoms with Crippen molar-refractivity contribution in [3.05, 3.63) is 101 Å². The Kier molecular flexibility index (Phi) is 10.8. The number of hydrogen-bond donors (Lipinski definition) is 1. The van der Waals surface area contributed by atoms with E-state index >= 15 is 0 Å². The summed E-state index contributed by atoms with van der Waals surface area (Å²) in [5, 5.41) is 2.92. The summed E-state index contributed by atoms with van der Waals surface area (Å²) < 4.78 is 41.0. The monoisotopic (exact) mass is 553 g/mol. The van der Waals surface area contributed by atoms with Crippen LogP contribution in [0.3, 0.4) is 0 Å². The number of aryl methyl sites for hydroxylation is 1. The molecule has 7 nitrogen and oxygen atoms in total. The summed E-state index contributed by atoms with van der Waals surface area (Å²) in [7, 11) is -2.61. The number of rotatable bonds is 13. The first-order valence-corrected chi connectivity index (χ1v) is 14.4. The van der Waals surface area contributed by atoms with Crippen LogP contribution < -0.4 is 5.32 Å². The minimum absolute atomic E-state index is 0.0101. The highest BCUT2D eigenvalue weighted by Gasteiger charge is 2.33. The van der Waals surface area contributed by atoms with Crippen LogP contribution in [0.5, 0.6) is 0 Å². The van der Waals surface area contributed by atoms with Crippen LogP contribution in [0.25, 0.3) is 0 Å². The molecule has 39 heavy (non-hydrogen) atoms. The Hall–Kier alpha value is -3.56. The van der Waals surface area contributed by atoms with Crippen molar-refractivity contribution in [1.82, 2.24) is 14.5 Å². The summed E-state index contributed by atoms with van der Waals surface area (Å²) in [4.78, 5) is 28.7. The normalized spacial score (nSPS) is 12.2. The third-order valence-corrected chi connectivity index (χ3v) is 8.27. The van der Waals surface area contributed by atoms with Crippen molar-refractivity contribution >= 4 is 21.8 Å². The molecule has 0 aromatic heterocycles. The van der Waals surface area contributed by atoms with Gasteiger partial charge in [0.2, 0.25) is 21.8 Å². The van der Waals surface area contributed by atoms with Crippen LogP contribution in [-0.4, -0.2) is 55.6 Å². The smallest absolute Gasteiger partial charge is 0.243 e. The van der Waals surface area contributed by atoms with Gasteiger partial charge in [-0.2, -0.15) is 4.31 Å². The zero-order valence-corrected chi connectivity index (χ0v) is 23.5. The van der Waals surface area contributed by atoms with Gasteiger partial charge in [0.1, 0.15) is 11.9 Å². The number of likely N-dealkylation sites (N-methyl/N-ethyl adjacent to an activating group) is 1. The van der Waals surface area contributed by atoms with Crippen LogP contribution in [0.1, 0.15) is 36.5 Å². The molecule has 0 saturated carbocycles. The van der Waals surface area contributed by atoms with E-state index in [9.17, 15) is 22.4 Å². The van der Waals surface area contributed by atoms with Gasteiger partial charge in [-0.05, 0) is 48.7 Å². The van der Waals surface area contributed by atoms with Crippen molar-refractivity contribution in [3.63, 3.8) is 0 Å². The first-order valence-electron chi connectivity index (χ1n) is 13.0. The molecule has 0 aliphatic heterocycles. The molecule has 9 heteroatoms. The Morgan fingerprint density at radius 2 is 1.56 bits per heavy atom. The topological polar surface area (TPSA) is 86.8 Å². The highest BCUT2D eigenvalue weighted by molar-refractivity contribution is 7.89. The quantitative estimate of drug-likeness (QED) is 0.320. The van der Waals surface area contributed by atoms with Crippen molar-refractivity contribution in [2.24, 2.45) is 0 Å². The molecule has 0 aliphatic carbocycles. The van der Waals surface area contributed by atoms with E-state index < -0.39 is 34.3 Å². The van der Waals surface area contributed by atoms with Crippen molar-refractivity contribution in [3.8, 4) is 0 Å². The average molecular weight is 554 g/mol. The van der Waals surface area contributed by atoms with Crippen LogP contribution in [0, 0.1) is 12.7 Å². The van der Waals surface area contributed by atoms with Gasteiger partial charge >= 0.3 is 0 Å². The maximum absolute atomic E-state index is 13.8. The SMILES string of the molecule is CCCCNC(=O)[C@@H](Cc1ccccc1)N(Cc1ccc(F)cc1)C(=O)CN(C)S(=O)(=O)c1ccc(C)cc1. The van der Waals surface area contributed by atoms with E-state index in [2.05, 4.69) is 5.32 Å². The molecule has 0 aliphatic rings. The van der Waals surface area contributed by atoms with E-state index in [-0.39, 0.29) is 23.8 Å². The molecular weight excluding hydrogens is 517 g/mol. The second kappa shape index (κ2) is 14.0. The fourth-order valence-corrected chi connectivity index (χ4v) is 5.22. The van der Waals surface area contributed by atoms with Gasteiger partial charge in [0.15, 0.2) is 0 Å². The number of carbonyl (C=O) groups is 2. The molecular formula is C30H36FN3O4S. The molecule has 3 aromatic carbocycles. The number of nitrogens with zero attached hydrogens (tertiary/aromatic N) is 2. The molecule has 1 N–H and O–H groups in total. The van der Waals surface area contributed by atoms with Gasteiger partial charge < -0.3 is 10.2 Å². The van der Waals surface area contributed by atoms with Crippen molar-refractivity contribution in [1.29, 1.82) is 0 Å². The number of carbonyl (C=O) groups excluding carboxylic acids is 2. The van der Waals surface area contributed by atoms with Crippen molar-refractivity contribution < 1.29 is 22.4 Å². The fourth-order valence-electron chi connectivity index (χ4n) is 4.10. The van der Waals surface area contributed by atoms with E-state index in [4.69, 9.17) is 0 Å². The minimum Gasteiger partial charge on any atom is -0.354 e. The van der Waals surface area contributed by atoms with Gasteiger partial charge in [0, 0.05) is 26.6 Å². The third kappa shape index (κ3) is 8.46. The molecule has 208 valence electrons. The van der Waals surface area contributed by atoms with Crippen LogP contribution in [0.4, 0.5) is 4.39 Å². The molecule has 0 saturated heterocycles.